The standard InChI is InChI=1S/C14H13N3OS/c1-10(18)15-12-5-3-11(4-6-12)13-9-17-7-8-19-14(17)16(13)2/h3-9H,1-2H3/p+1. The minimum absolute atomic E-state index is 0.0531. The lowest BCUT2D eigenvalue weighted by molar-refractivity contribution is -0.505. The molecule has 4 nitrogen and oxygen atoms in total. The Hall–Kier alpha value is -2.14. The predicted octanol–water partition coefficient (Wildman–Crippen LogP) is 2.45. The summed E-state index contributed by atoms with van der Waals surface area (Å²) in [6.45, 7) is 1.51. The van der Waals surface area contributed by atoms with Gasteiger partial charge in [0.2, 0.25) is 5.91 Å². The molecule has 1 amide bonds. The Kier molecular flexibility index (Phi) is 2.83. The maximum Gasteiger partial charge on any atom is 0.345 e. The Morgan fingerprint density at radius 2 is 2.05 bits per heavy atom. The van der Waals surface area contributed by atoms with E-state index >= 15 is 0 Å². The highest BCUT2D eigenvalue weighted by Gasteiger charge is 2.16. The number of aryl methyl sites for hydroxylation is 1. The van der Waals surface area contributed by atoms with Crippen LogP contribution in [0.25, 0.3) is 16.2 Å². The summed E-state index contributed by atoms with van der Waals surface area (Å²) in [5.74, 6) is -0.0531. The number of fused-ring (bicyclic) bond motifs is 1. The van der Waals surface area contributed by atoms with Gasteiger partial charge in [0.25, 0.3) is 0 Å². The monoisotopic (exact) mass is 272 g/mol. The van der Waals surface area contributed by atoms with Crippen LogP contribution in [0.15, 0.2) is 42.0 Å². The third-order valence-electron chi connectivity index (χ3n) is 3.03. The number of carbonyl (C=O) groups is 1. The number of nitrogens with zero attached hydrogens (tertiary/aromatic N) is 2. The molecule has 2 heterocycles. The molecule has 0 unspecified atom stereocenters. The fourth-order valence-corrected chi connectivity index (χ4v) is 2.95. The second-order valence-corrected chi connectivity index (χ2v) is 5.30. The maximum atomic E-state index is 11.0. The summed E-state index contributed by atoms with van der Waals surface area (Å²) >= 11 is 1.71. The highest BCUT2D eigenvalue weighted by atomic mass is 32.1. The summed E-state index contributed by atoms with van der Waals surface area (Å²) in [4.78, 5) is 12.2. The largest absolute Gasteiger partial charge is 0.345 e. The van der Waals surface area contributed by atoms with Crippen molar-refractivity contribution in [2.45, 2.75) is 6.92 Å². The van der Waals surface area contributed by atoms with Crippen molar-refractivity contribution >= 4 is 27.9 Å². The molecule has 0 aliphatic carbocycles. The molecule has 0 aliphatic heterocycles. The normalized spacial score (nSPS) is 10.8. The molecule has 0 radical (unpaired) electrons. The molecule has 3 rings (SSSR count). The van der Waals surface area contributed by atoms with E-state index in [9.17, 15) is 4.79 Å². The molecule has 0 bridgehead atoms. The fourth-order valence-electron chi connectivity index (χ4n) is 2.15. The van der Waals surface area contributed by atoms with Crippen molar-refractivity contribution in [3.63, 3.8) is 0 Å². The number of carbonyl (C=O) groups excluding carboxylic acids is 1. The molecule has 19 heavy (non-hydrogen) atoms. The summed E-state index contributed by atoms with van der Waals surface area (Å²) < 4.78 is 4.28. The van der Waals surface area contributed by atoms with Gasteiger partial charge in [-0.15, -0.1) is 0 Å². The van der Waals surface area contributed by atoms with E-state index in [4.69, 9.17) is 0 Å². The average molecular weight is 272 g/mol. The van der Waals surface area contributed by atoms with Crippen molar-refractivity contribution in [2.75, 3.05) is 5.32 Å². The number of anilines is 1. The maximum absolute atomic E-state index is 11.0. The molecule has 5 heteroatoms. The van der Waals surface area contributed by atoms with Gasteiger partial charge in [-0.1, -0.05) is 11.3 Å². The minimum Gasteiger partial charge on any atom is -0.326 e. The number of thiazole rings is 1. The van der Waals surface area contributed by atoms with Crippen molar-refractivity contribution < 1.29 is 9.20 Å². The van der Waals surface area contributed by atoms with Crippen LogP contribution in [0.3, 0.4) is 0 Å². The van der Waals surface area contributed by atoms with Gasteiger partial charge in [0.15, 0.2) is 5.69 Å². The number of hydrogen-bond donors (Lipinski definition) is 1. The lowest BCUT2D eigenvalue weighted by Crippen LogP contribution is -2.12. The van der Waals surface area contributed by atoms with Gasteiger partial charge < -0.3 is 5.32 Å². The van der Waals surface area contributed by atoms with Crippen LogP contribution in [0.5, 0.6) is 0 Å². The quantitative estimate of drug-likeness (QED) is 0.715. The Balaban J connectivity index is 1.99. The van der Waals surface area contributed by atoms with Crippen LogP contribution in [0.1, 0.15) is 6.92 Å². The first-order chi connectivity index (χ1) is 9.15. The van der Waals surface area contributed by atoms with E-state index in [-0.39, 0.29) is 5.91 Å². The number of benzene rings is 1. The second kappa shape index (κ2) is 4.51. The molecular weight excluding hydrogens is 258 g/mol. The van der Waals surface area contributed by atoms with Gasteiger partial charge in [0.1, 0.15) is 12.4 Å². The first-order valence-corrected chi connectivity index (χ1v) is 6.85. The molecule has 0 saturated heterocycles. The summed E-state index contributed by atoms with van der Waals surface area (Å²) in [6, 6.07) is 7.88. The molecule has 3 aromatic rings. The zero-order valence-corrected chi connectivity index (χ0v) is 11.6. The smallest absolute Gasteiger partial charge is 0.326 e. The third kappa shape index (κ3) is 2.13. The lowest BCUT2D eigenvalue weighted by Gasteiger charge is -2.02. The predicted molar refractivity (Wildman–Crippen MR) is 76.2 cm³/mol. The summed E-state index contributed by atoms with van der Waals surface area (Å²) in [5.41, 5.74) is 3.11. The molecular formula is C14H14N3OS+. The van der Waals surface area contributed by atoms with Crippen LogP contribution >= 0.6 is 11.3 Å². The molecule has 0 saturated carbocycles. The first kappa shape index (κ1) is 11.9. The zero-order valence-electron chi connectivity index (χ0n) is 10.8. The van der Waals surface area contributed by atoms with E-state index in [1.165, 1.54) is 11.9 Å². The second-order valence-electron chi connectivity index (χ2n) is 4.42. The molecule has 0 aliphatic rings. The van der Waals surface area contributed by atoms with E-state index in [1.807, 2.05) is 24.3 Å². The van der Waals surface area contributed by atoms with E-state index in [0.717, 1.165) is 16.9 Å². The Labute approximate surface area is 114 Å². The van der Waals surface area contributed by atoms with E-state index in [2.05, 4.69) is 39.1 Å². The topological polar surface area (TPSA) is 38.1 Å². The van der Waals surface area contributed by atoms with Crippen LogP contribution in [0.4, 0.5) is 5.69 Å². The van der Waals surface area contributed by atoms with E-state index in [1.54, 1.807) is 11.3 Å². The number of hydrogen-bond acceptors (Lipinski definition) is 2. The number of nitrogens with one attached hydrogen (secondary N) is 1. The molecule has 2 aromatic heterocycles. The van der Waals surface area contributed by atoms with Crippen molar-refractivity contribution in [3.8, 4) is 11.3 Å². The molecule has 0 spiro atoms. The van der Waals surface area contributed by atoms with Crippen molar-refractivity contribution in [1.29, 1.82) is 0 Å². The highest BCUT2D eigenvalue weighted by Crippen LogP contribution is 2.22. The van der Waals surface area contributed by atoms with Crippen LogP contribution in [0.2, 0.25) is 0 Å². The van der Waals surface area contributed by atoms with Gasteiger partial charge in [-0.05, 0) is 24.3 Å². The van der Waals surface area contributed by atoms with Gasteiger partial charge in [0.05, 0.1) is 7.05 Å². The lowest BCUT2D eigenvalue weighted by atomic mass is 10.1. The van der Waals surface area contributed by atoms with Crippen LogP contribution in [-0.2, 0) is 11.8 Å². The Morgan fingerprint density at radius 1 is 1.32 bits per heavy atom. The molecule has 0 fully saturated rings. The van der Waals surface area contributed by atoms with Gasteiger partial charge in [-0.25, -0.2) is 4.57 Å². The molecule has 1 aromatic carbocycles. The first-order valence-electron chi connectivity index (χ1n) is 5.97. The zero-order chi connectivity index (χ0) is 13.4. The Bertz CT molecular complexity index is 740. The van der Waals surface area contributed by atoms with Crippen LogP contribution in [0, 0.1) is 0 Å². The SMILES string of the molecule is CC(=O)Nc1ccc(-c2c[n+]3ccsc3n2C)cc1. The van der Waals surface area contributed by atoms with Gasteiger partial charge in [-0.3, -0.25) is 4.79 Å². The summed E-state index contributed by atoms with van der Waals surface area (Å²) in [6.07, 6.45) is 4.16. The fraction of sp³-hybridized carbons (Fsp3) is 0.143. The Morgan fingerprint density at radius 3 is 2.68 bits per heavy atom. The minimum atomic E-state index is -0.0531. The van der Waals surface area contributed by atoms with Crippen LogP contribution in [-0.4, -0.2) is 10.5 Å². The van der Waals surface area contributed by atoms with Crippen molar-refractivity contribution in [3.05, 3.63) is 42.0 Å². The molecule has 96 valence electrons. The average Bonchev–Trinajstić information content (AvgIpc) is 2.93. The number of amides is 1. The number of rotatable bonds is 2. The number of aromatic nitrogens is 2. The highest BCUT2D eigenvalue weighted by molar-refractivity contribution is 7.14. The van der Waals surface area contributed by atoms with Gasteiger partial charge >= 0.3 is 4.96 Å². The van der Waals surface area contributed by atoms with Crippen molar-refractivity contribution in [1.82, 2.24) is 4.57 Å². The van der Waals surface area contributed by atoms with E-state index < -0.39 is 0 Å². The van der Waals surface area contributed by atoms with Gasteiger partial charge in [0, 0.05) is 23.6 Å². The third-order valence-corrected chi connectivity index (χ3v) is 3.98. The van der Waals surface area contributed by atoms with Crippen molar-refractivity contribution in [2.24, 2.45) is 7.05 Å². The number of imidazole rings is 1. The molecule has 1 N–H and O–H groups in total. The van der Waals surface area contributed by atoms with Gasteiger partial charge in [-0.2, -0.15) is 4.40 Å². The summed E-state index contributed by atoms with van der Waals surface area (Å²) in [7, 11) is 2.06. The molecule has 0 atom stereocenters. The van der Waals surface area contributed by atoms with Crippen LogP contribution < -0.4 is 9.72 Å². The summed E-state index contributed by atoms with van der Waals surface area (Å²) in [5, 5.41) is 4.84. The van der Waals surface area contributed by atoms with E-state index in [0.29, 0.717) is 0 Å².